The van der Waals surface area contributed by atoms with E-state index in [1.54, 1.807) is 30.3 Å². The summed E-state index contributed by atoms with van der Waals surface area (Å²) in [5.74, 6) is -0.179. The van der Waals surface area contributed by atoms with E-state index in [1.807, 2.05) is 0 Å². The normalized spacial score (nSPS) is 10.2. The highest BCUT2D eigenvalue weighted by atomic mass is 16.5. The molecule has 0 bridgehead atoms. The molecule has 0 aliphatic carbocycles. The fourth-order valence-corrected chi connectivity index (χ4v) is 0.837. The fourth-order valence-electron chi connectivity index (χ4n) is 0.837. The summed E-state index contributed by atoms with van der Waals surface area (Å²) in [6.07, 6.45) is 2.89. The monoisotopic (exact) mass is 178 g/mol. The summed E-state index contributed by atoms with van der Waals surface area (Å²) in [5, 5.41) is 9.08. The molecule has 13 heavy (non-hydrogen) atoms. The molecule has 0 unspecified atom stereocenters. The van der Waals surface area contributed by atoms with Crippen molar-refractivity contribution in [3.05, 3.63) is 36.1 Å². The molecule has 3 heteroatoms. The minimum atomic E-state index is -0.364. The van der Waals surface area contributed by atoms with Crippen LogP contribution in [0.25, 0.3) is 6.08 Å². The SMILES string of the molecule is CC(=O)OC=Cc1cccc(O)c1. The predicted molar refractivity (Wildman–Crippen MR) is 48.9 cm³/mol. The Kier molecular flexibility index (Phi) is 3.09. The molecule has 0 aliphatic rings. The van der Waals surface area contributed by atoms with E-state index >= 15 is 0 Å². The van der Waals surface area contributed by atoms with Crippen LogP contribution >= 0.6 is 0 Å². The number of phenolic OH excluding ortho intramolecular Hbond substituents is 1. The van der Waals surface area contributed by atoms with Crippen molar-refractivity contribution in [3.63, 3.8) is 0 Å². The number of esters is 1. The second-order valence-electron chi connectivity index (χ2n) is 2.51. The Morgan fingerprint density at radius 2 is 2.31 bits per heavy atom. The van der Waals surface area contributed by atoms with E-state index in [0.717, 1.165) is 5.56 Å². The standard InChI is InChI=1S/C10H10O3/c1-8(11)13-6-5-9-3-2-4-10(12)7-9/h2-7,12H,1H3. The summed E-state index contributed by atoms with van der Waals surface area (Å²) >= 11 is 0. The number of aromatic hydroxyl groups is 1. The highest BCUT2D eigenvalue weighted by molar-refractivity contribution is 5.67. The van der Waals surface area contributed by atoms with E-state index < -0.39 is 0 Å². The molecule has 0 fully saturated rings. The van der Waals surface area contributed by atoms with Crippen molar-refractivity contribution in [2.45, 2.75) is 6.92 Å². The number of hydrogen-bond acceptors (Lipinski definition) is 3. The summed E-state index contributed by atoms with van der Waals surface area (Å²) in [6, 6.07) is 6.64. The van der Waals surface area contributed by atoms with Crippen LogP contribution in [0.15, 0.2) is 30.5 Å². The molecule has 1 aromatic rings. The van der Waals surface area contributed by atoms with Crippen molar-refractivity contribution in [2.75, 3.05) is 0 Å². The molecule has 0 aliphatic heterocycles. The van der Waals surface area contributed by atoms with Gasteiger partial charge in [-0.1, -0.05) is 12.1 Å². The van der Waals surface area contributed by atoms with Gasteiger partial charge in [0.2, 0.25) is 0 Å². The Bertz CT molecular complexity index is 329. The molecule has 0 aromatic heterocycles. The fraction of sp³-hybridized carbons (Fsp3) is 0.100. The van der Waals surface area contributed by atoms with Crippen LogP contribution in [-0.4, -0.2) is 11.1 Å². The number of ether oxygens (including phenoxy) is 1. The zero-order chi connectivity index (χ0) is 9.68. The first-order valence-corrected chi connectivity index (χ1v) is 3.81. The largest absolute Gasteiger partial charge is 0.508 e. The smallest absolute Gasteiger partial charge is 0.307 e. The van der Waals surface area contributed by atoms with Gasteiger partial charge in [-0.3, -0.25) is 4.79 Å². The maximum Gasteiger partial charge on any atom is 0.307 e. The average Bonchev–Trinajstić information content (AvgIpc) is 2.03. The van der Waals surface area contributed by atoms with E-state index in [1.165, 1.54) is 13.2 Å². The third kappa shape index (κ3) is 3.42. The molecule has 1 aromatic carbocycles. The van der Waals surface area contributed by atoms with Crippen molar-refractivity contribution in [1.29, 1.82) is 0 Å². The molecule has 0 radical (unpaired) electrons. The molecule has 68 valence electrons. The average molecular weight is 178 g/mol. The second kappa shape index (κ2) is 4.30. The predicted octanol–water partition coefficient (Wildman–Crippen LogP) is 1.93. The van der Waals surface area contributed by atoms with Gasteiger partial charge in [-0.2, -0.15) is 0 Å². The topological polar surface area (TPSA) is 46.5 Å². The summed E-state index contributed by atoms with van der Waals surface area (Å²) in [4.78, 5) is 10.4. The first-order valence-electron chi connectivity index (χ1n) is 3.81. The van der Waals surface area contributed by atoms with Crippen molar-refractivity contribution >= 4 is 12.0 Å². The summed E-state index contributed by atoms with van der Waals surface area (Å²) < 4.78 is 4.58. The highest BCUT2D eigenvalue weighted by Gasteiger charge is 1.89. The third-order valence-corrected chi connectivity index (χ3v) is 1.36. The van der Waals surface area contributed by atoms with Crippen molar-refractivity contribution in [3.8, 4) is 5.75 Å². The van der Waals surface area contributed by atoms with Gasteiger partial charge in [-0.15, -0.1) is 0 Å². The maximum atomic E-state index is 10.4. The van der Waals surface area contributed by atoms with Crippen LogP contribution in [0.2, 0.25) is 0 Å². The van der Waals surface area contributed by atoms with E-state index in [4.69, 9.17) is 5.11 Å². The van der Waals surface area contributed by atoms with Gasteiger partial charge in [-0.05, 0) is 23.8 Å². The lowest BCUT2D eigenvalue weighted by molar-refractivity contribution is -0.135. The lowest BCUT2D eigenvalue weighted by Crippen LogP contribution is -1.88. The van der Waals surface area contributed by atoms with Gasteiger partial charge in [0, 0.05) is 6.92 Å². The van der Waals surface area contributed by atoms with Gasteiger partial charge in [0.15, 0.2) is 0 Å². The van der Waals surface area contributed by atoms with Crippen LogP contribution in [0.4, 0.5) is 0 Å². The lowest BCUT2D eigenvalue weighted by Gasteiger charge is -1.94. The van der Waals surface area contributed by atoms with Crippen LogP contribution in [0.3, 0.4) is 0 Å². The minimum absolute atomic E-state index is 0.185. The molecule has 3 nitrogen and oxygen atoms in total. The third-order valence-electron chi connectivity index (χ3n) is 1.36. The van der Waals surface area contributed by atoms with Crippen LogP contribution in [0.1, 0.15) is 12.5 Å². The van der Waals surface area contributed by atoms with Crippen molar-refractivity contribution in [2.24, 2.45) is 0 Å². The molecule has 0 atom stereocenters. The number of rotatable bonds is 2. The zero-order valence-electron chi connectivity index (χ0n) is 7.23. The quantitative estimate of drug-likeness (QED) is 0.556. The highest BCUT2D eigenvalue weighted by Crippen LogP contribution is 2.11. The van der Waals surface area contributed by atoms with Gasteiger partial charge < -0.3 is 9.84 Å². The summed E-state index contributed by atoms with van der Waals surface area (Å²) in [7, 11) is 0. The van der Waals surface area contributed by atoms with E-state index in [9.17, 15) is 4.79 Å². The van der Waals surface area contributed by atoms with Gasteiger partial charge in [0.25, 0.3) is 0 Å². The Morgan fingerprint density at radius 1 is 1.54 bits per heavy atom. The number of carbonyl (C=O) groups is 1. The Morgan fingerprint density at radius 3 is 2.92 bits per heavy atom. The van der Waals surface area contributed by atoms with Gasteiger partial charge in [-0.25, -0.2) is 0 Å². The van der Waals surface area contributed by atoms with Gasteiger partial charge in [0.05, 0.1) is 6.26 Å². The van der Waals surface area contributed by atoms with E-state index in [2.05, 4.69) is 4.74 Å². The molecular formula is C10H10O3. The molecule has 0 saturated carbocycles. The lowest BCUT2D eigenvalue weighted by atomic mass is 10.2. The zero-order valence-corrected chi connectivity index (χ0v) is 7.23. The minimum Gasteiger partial charge on any atom is -0.508 e. The van der Waals surface area contributed by atoms with Crippen molar-refractivity contribution < 1.29 is 14.6 Å². The van der Waals surface area contributed by atoms with Crippen molar-refractivity contribution in [1.82, 2.24) is 0 Å². The Hall–Kier alpha value is -1.77. The van der Waals surface area contributed by atoms with Crippen LogP contribution < -0.4 is 0 Å². The second-order valence-corrected chi connectivity index (χ2v) is 2.51. The molecule has 0 saturated heterocycles. The first-order chi connectivity index (χ1) is 6.18. The molecule has 0 spiro atoms. The summed E-state index contributed by atoms with van der Waals surface area (Å²) in [5.41, 5.74) is 0.779. The van der Waals surface area contributed by atoms with Crippen LogP contribution in [-0.2, 0) is 9.53 Å². The number of phenols is 1. The first kappa shape index (κ1) is 9.32. The Labute approximate surface area is 76.3 Å². The number of benzene rings is 1. The molecular weight excluding hydrogens is 168 g/mol. The maximum absolute atomic E-state index is 10.4. The Balaban J connectivity index is 2.63. The van der Waals surface area contributed by atoms with Gasteiger partial charge >= 0.3 is 5.97 Å². The number of carbonyl (C=O) groups excluding carboxylic acids is 1. The molecule has 1 N–H and O–H groups in total. The molecule has 0 amide bonds. The van der Waals surface area contributed by atoms with Crippen LogP contribution in [0.5, 0.6) is 5.75 Å². The molecule has 0 heterocycles. The molecule has 1 rings (SSSR count). The van der Waals surface area contributed by atoms with E-state index in [-0.39, 0.29) is 11.7 Å². The van der Waals surface area contributed by atoms with E-state index in [0.29, 0.717) is 0 Å². The number of hydrogen-bond donors (Lipinski definition) is 1. The summed E-state index contributed by atoms with van der Waals surface area (Å²) in [6.45, 7) is 1.33. The van der Waals surface area contributed by atoms with Gasteiger partial charge in [0.1, 0.15) is 5.75 Å². The van der Waals surface area contributed by atoms with Crippen LogP contribution in [0, 0.1) is 0 Å².